The molecule has 2 rings (SSSR count). The molecule has 114 valence electrons. The van der Waals surface area contributed by atoms with Crippen molar-refractivity contribution in [2.45, 2.75) is 6.92 Å². The minimum Gasteiger partial charge on any atom is -0.478 e. The van der Waals surface area contributed by atoms with E-state index in [0.29, 0.717) is 43.5 Å². The molecular formula is C14H17ClN2O4. The van der Waals surface area contributed by atoms with E-state index in [1.54, 1.807) is 24.0 Å². The zero-order chi connectivity index (χ0) is 15.4. The van der Waals surface area contributed by atoms with Crippen LogP contribution in [0.4, 0.5) is 10.5 Å². The lowest BCUT2D eigenvalue weighted by Crippen LogP contribution is -2.49. The van der Waals surface area contributed by atoms with Crippen molar-refractivity contribution >= 4 is 29.4 Å². The van der Waals surface area contributed by atoms with Gasteiger partial charge in [0.25, 0.3) is 0 Å². The fourth-order valence-corrected chi connectivity index (χ4v) is 2.63. The third-order valence-corrected chi connectivity index (χ3v) is 3.64. The van der Waals surface area contributed by atoms with Crippen LogP contribution in [0.2, 0.25) is 5.02 Å². The van der Waals surface area contributed by atoms with E-state index in [1.807, 2.05) is 4.90 Å². The highest BCUT2D eigenvalue weighted by molar-refractivity contribution is 6.34. The summed E-state index contributed by atoms with van der Waals surface area (Å²) in [7, 11) is 0. The summed E-state index contributed by atoms with van der Waals surface area (Å²) in [5.41, 5.74) is 0.683. The monoisotopic (exact) mass is 312 g/mol. The van der Waals surface area contributed by atoms with Crippen LogP contribution in [-0.2, 0) is 4.74 Å². The second kappa shape index (κ2) is 6.67. The molecule has 0 aliphatic carbocycles. The molecule has 6 nitrogen and oxygen atoms in total. The van der Waals surface area contributed by atoms with Gasteiger partial charge < -0.3 is 19.6 Å². The van der Waals surface area contributed by atoms with Crippen LogP contribution in [0.1, 0.15) is 17.3 Å². The second-order valence-corrected chi connectivity index (χ2v) is 5.02. The number of halogens is 1. The maximum absolute atomic E-state index is 11.6. The number of nitrogens with zero attached hydrogens (tertiary/aromatic N) is 2. The number of carbonyl (C=O) groups excluding carboxylic acids is 1. The quantitative estimate of drug-likeness (QED) is 0.927. The highest BCUT2D eigenvalue weighted by Crippen LogP contribution is 2.30. The lowest BCUT2D eigenvalue weighted by molar-refractivity contribution is 0.0696. The van der Waals surface area contributed by atoms with Gasteiger partial charge >= 0.3 is 12.1 Å². The third kappa shape index (κ3) is 3.39. The Labute approximate surface area is 127 Å². The fourth-order valence-electron chi connectivity index (χ4n) is 2.34. The van der Waals surface area contributed by atoms with Crippen molar-refractivity contribution in [1.29, 1.82) is 0 Å². The summed E-state index contributed by atoms with van der Waals surface area (Å²) in [4.78, 5) is 26.5. The van der Waals surface area contributed by atoms with E-state index in [4.69, 9.17) is 16.3 Å². The zero-order valence-electron chi connectivity index (χ0n) is 11.7. The molecule has 0 bridgehead atoms. The summed E-state index contributed by atoms with van der Waals surface area (Å²) < 4.78 is 4.96. The van der Waals surface area contributed by atoms with Gasteiger partial charge in [0, 0.05) is 26.2 Å². The lowest BCUT2D eigenvalue weighted by atomic mass is 10.1. The van der Waals surface area contributed by atoms with E-state index in [0.717, 1.165) is 0 Å². The number of anilines is 1. The zero-order valence-corrected chi connectivity index (χ0v) is 12.5. The fraction of sp³-hybridized carbons (Fsp3) is 0.429. The van der Waals surface area contributed by atoms with E-state index in [2.05, 4.69) is 0 Å². The molecule has 1 aromatic carbocycles. The smallest absolute Gasteiger partial charge is 0.409 e. The second-order valence-electron chi connectivity index (χ2n) is 4.61. The number of hydrogen-bond donors (Lipinski definition) is 1. The third-order valence-electron chi connectivity index (χ3n) is 3.34. The van der Waals surface area contributed by atoms with Crippen LogP contribution < -0.4 is 4.90 Å². The Kier molecular flexibility index (Phi) is 4.90. The first-order valence-corrected chi connectivity index (χ1v) is 7.10. The number of carbonyl (C=O) groups is 2. The summed E-state index contributed by atoms with van der Waals surface area (Å²) in [6, 6.07) is 4.81. The Bertz CT molecular complexity index is 542. The summed E-state index contributed by atoms with van der Waals surface area (Å²) in [5.74, 6) is -1.01. The number of amides is 1. The van der Waals surface area contributed by atoms with Gasteiger partial charge in [-0.2, -0.15) is 0 Å². The van der Waals surface area contributed by atoms with Crippen LogP contribution in [0.3, 0.4) is 0 Å². The van der Waals surface area contributed by atoms with Crippen molar-refractivity contribution in [2.24, 2.45) is 0 Å². The molecule has 7 heteroatoms. The highest BCUT2D eigenvalue weighted by atomic mass is 35.5. The highest BCUT2D eigenvalue weighted by Gasteiger charge is 2.26. The molecule has 0 aromatic heterocycles. The minimum atomic E-state index is -1.01. The van der Waals surface area contributed by atoms with Crippen LogP contribution in [0, 0.1) is 0 Å². The summed E-state index contributed by atoms with van der Waals surface area (Å²) in [6.45, 7) is 4.08. The molecule has 1 heterocycles. The van der Waals surface area contributed by atoms with Crippen LogP contribution in [0.15, 0.2) is 18.2 Å². The summed E-state index contributed by atoms with van der Waals surface area (Å²) in [6.07, 6.45) is -0.338. The average molecular weight is 313 g/mol. The lowest BCUT2D eigenvalue weighted by Gasteiger charge is -2.36. The van der Waals surface area contributed by atoms with Gasteiger partial charge in [0.1, 0.15) is 0 Å². The first kappa shape index (κ1) is 15.4. The van der Waals surface area contributed by atoms with Crippen LogP contribution in [0.25, 0.3) is 0 Å². The van der Waals surface area contributed by atoms with Crippen molar-refractivity contribution in [3.05, 3.63) is 28.8 Å². The number of piperazine rings is 1. The van der Waals surface area contributed by atoms with Gasteiger partial charge in [0.05, 0.1) is 22.9 Å². The first-order valence-electron chi connectivity index (χ1n) is 6.73. The molecule has 21 heavy (non-hydrogen) atoms. The summed E-state index contributed by atoms with van der Waals surface area (Å²) >= 11 is 6.15. The van der Waals surface area contributed by atoms with Crippen LogP contribution >= 0.6 is 11.6 Å². The Morgan fingerprint density at radius 2 is 1.95 bits per heavy atom. The van der Waals surface area contributed by atoms with E-state index in [9.17, 15) is 14.7 Å². The van der Waals surface area contributed by atoms with Crippen molar-refractivity contribution in [3.8, 4) is 0 Å². The molecule has 0 radical (unpaired) electrons. The van der Waals surface area contributed by atoms with Crippen molar-refractivity contribution in [1.82, 2.24) is 4.90 Å². The molecule has 0 atom stereocenters. The van der Waals surface area contributed by atoms with Gasteiger partial charge in [-0.15, -0.1) is 0 Å². The van der Waals surface area contributed by atoms with E-state index >= 15 is 0 Å². The molecule has 0 saturated carbocycles. The van der Waals surface area contributed by atoms with Crippen molar-refractivity contribution in [2.75, 3.05) is 37.7 Å². The predicted molar refractivity (Wildman–Crippen MR) is 79.2 cm³/mol. The van der Waals surface area contributed by atoms with Gasteiger partial charge in [-0.05, 0) is 19.1 Å². The topological polar surface area (TPSA) is 70.1 Å². The normalized spacial score (nSPS) is 15.0. The van der Waals surface area contributed by atoms with E-state index < -0.39 is 5.97 Å². The largest absolute Gasteiger partial charge is 0.478 e. The van der Waals surface area contributed by atoms with Gasteiger partial charge in [-0.3, -0.25) is 0 Å². The molecule has 1 aromatic rings. The first-order chi connectivity index (χ1) is 10.0. The molecule has 0 unspecified atom stereocenters. The molecule has 1 amide bonds. The Hall–Kier alpha value is -1.95. The minimum absolute atomic E-state index is 0.173. The molecule has 1 aliphatic heterocycles. The number of carboxylic acids is 1. The average Bonchev–Trinajstić information content (AvgIpc) is 2.47. The maximum atomic E-state index is 11.6. The van der Waals surface area contributed by atoms with Crippen LogP contribution in [-0.4, -0.2) is 54.9 Å². The number of para-hydroxylation sites is 1. The van der Waals surface area contributed by atoms with Gasteiger partial charge in [0.2, 0.25) is 0 Å². The number of ether oxygens (including phenoxy) is 1. The van der Waals surface area contributed by atoms with E-state index in [1.165, 1.54) is 6.07 Å². The standard InChI is InChI=1S/C14H17ClN2O4/c1-2-21-14(20)17-8-6-16(7-9-17)12-10(13(18)19)4-3-5-11(12)15/h3-5H,2,6-9H2,1H3,(H,18,19). The van der Waals surface area contributed by atoms with E-state index in [-0.39, 0.29) is 11.7 Å². The molecule has 1 N–H and O–H groups in total. The summed E-state index contributed by atoms with van der Waals surface area (Å²) in [5, 5.41) is 9.66. The Balaban J connectivity index is 2.13. The van der Waals surface area contributed by atoms with Gasteiger partial charge in [-0.1, -0.05) is 17.7 Å². The number of carboxylic acid groups (broad SMARTS) is 1. The van der Waals surface area contributed by atoms with Crippen molar-refractivity contribution in [3.63, 3.8) is 0 Å². The molecule has 0 spiro atoms. The predicted octanol–water partition coefficient (Wildman–Crippen LogP) is 2.32. The molecule has 1 fully saturated rings. The Morgan fingerprint density at radius 1 is 1.29 bits per heavy atom. The van der Waals surface area contributed by atoms with Crippen LogP contribution in [0.5, 0.6) is 0 Å². The van der Waals surface area contributed by atoms with Crippen molar-refractivity contribution < 1.29 is 19.4 Å². The molecule has 1 saturated heterocycles. The SMILES string of the molecule is CCOC(=O)N1CCN(c2c(Cl)cccc2C(=O)O)CC1. The number of aromatic carboxylic acids is 1. The Morgan fingerprint density at radius 3 is 2.52 bits per heavy atom. The van der Waals surface area contributed by atoms with Gasteiger partial charge in [0.15, 0.2) is 0 Å². The molecular weight excluding hydrogens is 296 g/mol. The van der Waals surface area contributed by atoms with Gasteiger partial charge in [-0.25, -0.2) is 9.59 Å². The molecule has 1 aliphatic rings. The number of rotatable bonds is 3. The number of benzene rings is 1. The number of hydrogen-bond acceptors (Lipinski definition) is 4. The maximum Gasteiger partial charge on any atom is 0.409 e.